The maximum atomic E-state index is 5.79. The summed E-state index contributed by atoms with van der Waals surface area (Å²) in [5.41, 5.74) is 8.57. The van der Waals surface area contributed by atoms with Gasteiger partial charge in [0, 0.05) is 31.2 Å². The van der Waals surface area contributed by atoms with Crippen LogP contribution in [0, 0.1) is 0 Å². The zero-order valence-electron chi connectivity index (χ0n) is 11.9. The van der Waals surface area contributed by atoms with E-state index in [1.807, 2.05) is 18.2 Å². The third kappa shape index (κ3) is 2.78. The topological polar surface area (TPSA) is 67.2 Å². The molecule has 1 aromatic carbocycles. The van der Waals surface area contributed by atoms with Crippen molar-refractivity contribution < 1.29 is 4.74 Å². The number of aromatic amines is 1. The zero-order valence-corrected chi connectivity index (χ0v) is 11.9. The molecule has 1 atom stereocenters. The summed E-state index contributed by atoms with van der Waals surface area (Å²) in [5.74, 6) is 1.03. The third-order valence-corrected chi connectivity index (χ3v) is 4.01. The molecule has 1 aromatic heterocycles. The molecule has 1 unspecified atom stereocenters. The van der Waals surface area contributed by atoms with Crippen molar-refractivity contribution in [3.05, 3.63) is 24.0 Å². The summed E-state index contributed by atoms with van der Waals surface area (Å²) in [4.78, 5) is 10.5. The van der Waals surface area contributed by atoms with Crippen molar-refractivity contribution in [1.82, 2.24) is 14.9 Å². The van der Waals surface area contributed by atoms with E-state index in [-0.39, 0.29) is 0 Å². The Morgan fingerprint density at radius 2 is 2.40 bits per heavy atom. The highest BCUT2D eigenvalue weighted by molar-refractivity contribution is 5.78. The molecule has 108 valence electrons. The molecule has 1 aliphatic heterocycles. The van der Waals surface area contributed by atoms with Gasteiger partial charge in [0.1, 0.15) is 5.82 Å². The summed E-state index contributed by atoms with van der Waals surface area (Å²) in [6.07, 6.45) is 2.07. The number of nitrogen functional groups attached to an aromatic ring is 1. The standard InChI is InChI=1S/C15H22N4O/c1-2-12-10-20-8-7-19(12)6-5-15-17-13-4-3-11(16)9-14(13)18-15/h3-4,9,12H,2,5-8,10,16H2,1H3,(H,17,18). The molecular weight excluding hydrogens is 252 g/mol. The molecule has 0 aliphatic carbocycles. The average Bonchev–Trinajstić information content (AvgIpc) is 2.87. The monoisotopic (exact) mass is 274 g/mol. The number of anilines is 1. The number of nitrogens with zero attached hydrogens (tertiary/aromatic N) is 2. The highest BCUT2D eigenvalue weighted by Crippen LogP contribution is 2.16. The number of benzene rings is 1. The first-order valence-corrected chi connectivity index (χ1v) is 7.32. The number of ether oxygens (including phenoxy) is 1. The summed E-state index contributed by atoms with van der Waals surface area (Å²) in [6, 6.07) is 6.34. The maximum absolute atomic E-state index is 5.79. The van der Waals surface area contributed by atoms with Crippen molar-refractivity contribution in [3.8, 4) is 0 Å². The Hall–Kier alpha value is -1.59. The normalized spacial score (nSPS) is 20.6. The number of hydrogen-bond donors (Lipinski definition) is 2. The van der Waals surface area contributed by atoms with Gasteiger partial charge in [0.25, 0.3) is 0 Å². The quantitative estimate of drug-likeness (QED) is 0.834. The number of nitrogens with one attached hydrogen (secondary N) is 1. The number of rotatable bonds is 4. The minimum Gasteiger partial charge on any atom is -0.399 e. The minimum absolute atomic E-state index is 0.545. The summed E-state index contributed by atoms with van der Waals surface area (Å²) in [6.45, 7) is 5.96. The summed E-state index contributed by atoms with van der Waals surface area (Å²) < 4.78 is 5.54. The van der Waals surface area contributed by atoms with Crippen molar-refractivity contribution in [1.29, 1.82) is 0 Å². The zero-order chi connectivity index (χ0) is 13.9. The van der Waals surface area contributed by atoms with E-state index in [0.29, 0.717) is 6.04 Å². The van der Waals surface area contributed by atoms with E-state index < -0.39 is 0 Å². The fourth-order valence-corrected chi connectivity index (χ4v) is 2.81. The van der Waals surface area contributed by atoms with Crippen LogP contribution in [0.15, 0.2) is 18.2 Å². The Balaban J connectivity index is 1.67. The molecular formula is C15H22N4O. The van der Waals surface area contributed by atoms with Crippen LogP contribution >= 0.6 is 0 Å². The predicted molar refractivity (Wildman–Crippen MR) is 80.7 cm³/mol. The Bertz CT molecular complexity index is 580. The molecule has 5 heteroatoms. The smallest absolute Gasteiger partial charge is 0.108 e. The van der Waals surface area contributed by atoms with Crippen molar-refractivity contribution in [3.63, 3.8) is 0 Å². The van der Waals surface area contributed by atoms with Crippen LogP contribution in [0.25, 0.3) is 11.0 Å². The van der Waals surface area contributed by atoms with E-state index in [1.165, 1.54) is 0 Å². The second-order valence-electron chi connectivity index (χ2n) is 5.38. The van der Waals surface area contributed by atoms with Crippen LogP contribution in [0.5, 0.6) is 0 Å². The van der Waals surface area contributed by atoms with Crippen LogP contribution < -0.4 is 5.73 Å². The van der Waals surface area contributed by atoms with E-state index in [2.05, 4.69) is 21.8 Å². The number of H-pyrrole nitrogens is 1. The van der Waals surface area contributed by atoms with Crippen molar-refractivity contribution in [2.45, 2.75) is 25.8 Å². The van der Waals surface area contributed by atoms with Gasteiger partial charge in [0.05, 0.1) is 24.2 Å². The second kappa shape index (κ2) is 5.81. The van der Waals surface area contributed by atoms with E-state index in [4.69, 9.17) is 10.5 Å². The Kier molecular flexibility index (Phi) is 3.89. The lowest BCUT2D eigenvalue weighted by molar-refractivity contribution is -0.00810. The van der Waals surface area contributed by atoms with Gasteiger partial charge < -0.3 is 15.5 Å². The fraction of sp³-hybridized carbons (Fsp3) is 0.533. The summed E-state index contributed by atoms with van der Waals surface area (Å²) in [7, 11) is 0. The molecule has 3 rings (SSSR count). The third-order valence-electron chi connectivity index (χ3n) is 4.01. The number of nitrogens with two attached hydrogens (primary N) is 1. The van der Waals surface area contributed by atoms with Gasteiger partial charge in [-0.15, -0.1) is 0 Å². The molecule has 0 bridgehead atoms. The number of imidazole rings is 1. The van der Waals surface area contributed by atoms with Crippen LogP contribution in [0.1, 0.15) is 19.2 Å². The Labute approximate surface area is 119 Å². The highest BCUT2D eigenvalue weighted by atomic mass is 16.5. The van der Waals surface area contributed by atoms with Gasteiger partial charge in [-0.25, -0.2) is 4.98 Å². The van der Waals surface area contributed by atoms with Crippen LogP contribution in [0.3, 0.4) is 0 Å². The minimum atomic E-state index is 0.545. The molecule has 5 nitrogen and oxygen atoms in total. The molecule has 1 aliphatic rings. The molecule has 2 aromatic rings. The van der Waals surface area contributed by atoms with Crippen LogP contribution in [-0.2, 0) is 11.2 Å². The molecule has 2 heterocycles. The number of fused-ring (bicyclic) bond motifs is 1. The summed E-state index contributed by atoms with van der Waals surface area (Å²) in [5, 5.41) is 0. The number of aromatic nitrogens is 2. The van der Waals surface area contributed by atoms with Crippen LogP contribution in [-0.4, -0.2) is 47.2 Å². The van der Waals surface area contributed by atoms with E-state index >= 15 is 0 Å². The van der Waals surface area contributed by atoms with Crippen molar-refractivity contribution in [2.24, 2.45) is 0 Å². The van der Waals surface area contributed by atoms with Crippen molar-refractivity contribution >= 4 is 16.7 Å². The Morgan fingerprint density at radius 1 is 1.50 bits per heavy atom. The lowest BCUT2D eigenvalue weighted by Gasteiger charge is -2.34. The number of morpholine rings is 1. The summed E-state index contributed by atoms with van der Waals surface area (Å²) >= 11 is 0. The molecule has 20 heavy (non-hydrogen) atoms. The van der Waals surface area contributed by atoms with Crippen LogP contribution in [0.4, 0.5) is 5.69 Å². The fourth-order valence-electron chi connectivity index (χ4n) is 2.81. The first kappa shape index (κ1) is 13.4. The molecule has 3 N–H and O–H groups in total. The molecule has 1 saturated heterocycles. The molecule has 1 fully saturated rings. The van der Waals surface area contributed by atoms with E-state index in [1.54, 1.807) is 0 Å². The van der Waals surface area contributed by atoms with Gasteiger partial charge in [0.15, 0.2) is 0 Å². The van der Waals surface area contributed by atoms with E-state index in [0.717, 1.165) is 61.7 Å². The average molecular weight is 274 g/mol. The maximum Gasteiger partial charge on any atom is 0.108 e. The van der Waals surface area contributed by atoms with Gasteiger partial charge in [-0.1, -0.05) is 6.92 Å². The largest absolute Gasteiger partial charge is 0.399 e. The molecule has 0 amide bonds. The molecule has 0 radical (unpaired) electrons. The first-order valence-electron chi connectivity index (χ1n) is 7.32. The van der Waals surface area contributed by atoms with Gasteiger partial charge in [0.2, 0.25) is 0 Å². The number of hydrogen-bond acceptors (Lipinski definition) is 4. The lowest BCUT2D eigenvalue weighted by atomic mass is 10.1. The lowest BCUT2D eigenvalue weighted by Crippen LogP contribution is -2.45. The van der Waals surface area contributed by atoms with Gasteiger partial charge in [-0.05, 0) is 24.6 Å². The van der Waals surface area contributed by atoms with E-state index in [9.17, 15) is 0 Å². The van der Waals surface area contributed by atoms with Crippen molar-refractivity contribution in [2.75, 3.05) is 32.0 Å². The Morgan fingerprint density at radius 3 is 3.25 bits per heavy atom. The molecule has 0 saturated carbocycles. The highest BCUT2D eigenvalue weighted by Gasteiger charge is 2.21. The predicted octanol–water partition coefficient (Wildman–Crippen LogP) is 1.80. The van der Waals surface area contributed by atoms with Gasteiger partial charge in [-0.2, -0.15) is 0 Å². The van der Waals surface area contributed by atoms with Gasteiger partial charge in [-0.3, -0.25) is 4.90 Å². The molecule has 0 spiro atoms. The van der Waals surface area contributed by atoms with Gasteiger partial charge >= 0.3 is 0 Å². The first-order chi connectivity index (χ1) is 9.76. The second-order valence-corrected chi connectivity index (χ2v) is 5.38. The SMILES string of the molecule is CCC1COCCN1CCc1nc2ccc(N)cc2[nH]1. The van der Waals surface area contributed by atoms with Crippen LogP contribution in [0.2, 0.25) is 0 Å².